The zero-order valence-corrected chi connectivity index (χ0v) is 22.2. The fourth-order valence-corrected chi connectivity index (χ4v) is 6.27. The first-order chi connectivity index (χ1) is 17.5. The van der Waals surface area contributed by atoms with Crippen LogP contribution in [0.5, 0.6) is 0 Å². The van der Waals surface area contributed by atoms with Crippen molar-refractivity contribution in [3.8, 4) is 0 Å². The van der Waals surface area contributed by atoms with Gasteiger partial charge in [-0.2, -0.15) is 0 Å². The number of hydrogen-bond donors (Lipinski definition) is 0. The van der Waals surface area contributed by atoms with E-state index >= 15 is 0 Å². The van der Waals surface area contributed by atoms with Gasteiger partial charge in [0.2, 0.25) is 0 Å². The van der Waals surface area contributed by atoms with Gasteiger partial charge in [0.05, 0.1) is 5.60 Å². The van der Waals surface area contributed by atoms with Gasteiger partial charge in [0.1, 0.15) is 6.10 Å². The molecule has 0 bridgehead atoms. The number of fused-ring (bicyclic) bond motifs is 2. The highest BCUT2D eigenvalue weighted by molar-refractivity contribution is 6.34. The van der Waals surface area contributed by atoms with Crippen LogP contribution in [-0.4, -0.2) is 24.5 Å². The summed E-state index contributed by atoms with van der Waals surface area (Å²) in [5, 5.41) is 1.28. The number of benzene rings is 3. The van der Waals surface area contributed by atoms with E-state index in [1.54, 1.807) is 6.07 Å². The summed E-state index contributed by atoms with van der Waals surface area (Å²) in [6.07, 6.45) is 6.99. The van der Waals surface area contributed by atoms with Crippen LogP contribution in [0.4, 0.5) is 0 Å². The lowest BCUT2D eigenvalue weighted by Gasteiger charge is -2.40. The molecule has 5 rings (SSSR count). The fourth-order valence-electron chi connectivity index (χ4n) is 5.73. The lowest BCUT2D eigenvalue weighted by atomic mass is 9.83. The van der Waals surface area contributed by atoms with E-state index in [0.29, 0.717) is 10.0 Å². The summed E-state index contributed by atoms with van der Waals surface area (Å²) in [5.74, 6) is 0. The summed E-state index contributed by atoms with van der Waals surface area (Å²) in [5.41, 5.74) is 10.0. The Hall–Kier alpha value is -2.58. The van der Waals surface area contributed by atoms with Crippen molar-refractivity contribution in [3.63, 3.8) is 0 Å². The molecular weight excluding hydrogens is 485 g/mol. The van der Waals surface area contributed by atoms with Crippen molar-refractivity contribution < 1.29 is 4.74 Å². The number of piperidine rings is 1. The molecule has 1 fully saturated rings. The van der Waals surface area contributed by atoms with Gasteiger partial charge >= 0.3 is 0 Å². The Bertz CT molecular complexity index is 1310. The monoisotopic (exact) mass is 515 g/mol. The summed E-state index contributed by atoms with van der Waals surface area (Å²) in [4.78, 5) is 2.57. The molecule has 1 unspecified atom stereocenters. The Balaban J connectivity index is 1.30. The molecule has 1 atom stereocenters. The third-order valence-electron chi connectivity index (χ3n) is 7.54. The Morgan fingerprint density at radius 1 is 1.06 bits per heavy atom. The molecule has 0 aliphatic carbocycles. The minimum Gasteiger partial charge on any atom is -0.358 e. The Labute approximate surface area is 224 Å². The largest absolute Gasteiger partial charge is 0.358 e. The Morgan fingerprint density at radius 3 is 2.47 bits per heavy atom. The van der Waals surface area contributed by atoms with Crippen LogP contribution in [-0.2, 0) is 10.3 Å². The smallest absolute Gasteiger partial charge is 0.109 e. The molecule has 0 aromatic heterocycles. The first kappa shape index (κ1) is 25.1. The van der Waals surface area contributed by atoms with E-state index in [9.17, 15) is 0 Å². The molecule has 4 heteroatoms. The second-order valence-electron chi connectivity index (χ2n) is 9.62. The molecule has 2 aliphatic heterocycles. The van der Waals surface area contributed by atoms with Gasteiger partial charge in [0.25, 0.3) is 0 Å². The quantitative estimate of drug-likeness (QED) is 0.304. The predicted molar refractivity (Wildman–Crippen MR) is 151 cm³/mol. The van der Waals surface area contributed by atoms with Crippen LogP contribution < -0.4 is 0 Å². The van der Waals surface area contributed by atoms with Crippen LogP contribution >= 0.6 is 23.2 Å². The summed E-state index contributed by atoms with van der Waals surface area (Å²) < 4.78 is 6.89. The first-order valence-electron chi connectivity index (χ1n) is 12.6. The molecule has 3 aromatic rings. The molecule has 1 spiro atoms. The van der Waals surface area contributed by atoms with Crippen LogP contribution in [0, 0.1) is 0 Å². The van der Waals surface area contributed by atoms with Crippen molar-refractivity contribution in [3.05, 3.63) is 123 Å². The third-order valence-corrected chi connectivity index (χ3v) is 7.98. The van der Waals surface area contributed by atoms with E-state index in [1.807, 2.05) is 18.2 Å². The molecule has 36 heavy (non-hydrogen) atoms. The number of likely N-dealkylation sites (tertiary alicyclic amines) is 1. The second kappa shape index (κ2) is 10.8. The molecule has 2 nitrogen and oxygen atoms in total. The predicted octanol–water partition coefficient (Wildman–Crippen LogP) is 8.70. The number of nitrogens with zero attached hydrogens (tertiary/aromatic N) is 1. The van der Waals surface area contributed by atoms with E-state index in [4.69, 9.17) is 27.9 Å². The van der Waals surface area contributed by atoms with Crippen LogP contribution in [0.1, 0.15) is 60.1 Å². The molecule has 0 saturated carbocycles. The SMILES string of the molecule is C=C=Cc1ccccc1C(=CC)CCN1CCC2(CC1)OC(c1cc(Cl)cc(Cl)c1)c1ccccc12. The van der Waals surface area contributed by atoms with Crippen molar-refractivity contribution in [2.24, 2.45) is 0 Å². The molecule has 2 heterocycles. The van der Waals surface area contributed by atoms with E-state index in [0.717, 1.165) is 44.5 Å². The van der Waals surface area contributed by atoms with Gasteiger partial charge in [0.15, 0.2) is 0 Å². The van der Waals surface area contributed by atoms with Crippen LogP contribution in [0.15, 0.2) is 85.1 Å². The summed E-state index contributed by atoms with van der Waals surface area (Å²) in [6.45, 7) is 8.91. The van der Waals surface area contributed by atoms with Crippen molar-refractivity contribution in [1.29, 1.82) is 0 Å². The Kier molecular flexibility index (Phi) is 7.53. The van der Waals surface area contributed by atoms with E-state index in [2.05, 4.69) is 78.7 Å². The maximum atomic E-state index is 6.89. The van der Waals surface area contributed by atoms with Gasteiger partial charge in [-0.1, -0.05) is 84.4 Å². The van der Waals surface area contributed by atoms with Crippen molar-refractivity contribution in [2.75, 3.05) is 19.6 Å². The van der Waals surface area contributed by atoms with Gasteiger partial charge in [-0.3, -0.25) is 0 Å². The van der Waals surface area contributed by atoms with Gasteiger partial charge in [0, 0.05) is 29.7 Å². The van der Waals surface area contributed by atoms with E-state index < -0.39 is 0 Å². The van der Waals surface area contributed by atoms with Crippen LogP contribution in [0.25, 0.3) is 11.6 Å². The standard InChI is InChI=1S/C32H31Cl2NO/c1-3-9-24-10-5-6-11-28(24)23(4-2)14-17-35-18-15-32(16-19-35)30-13-8-7-12-29(30)31(36-32)25-20-26(33)22-27(34)21-25/h4-13,20-22,31H,1,14-19H2,2H3. The maximum absolute atomic E-state index is 6.89. The normalized spacial score (nSPS) is 19.2. The molecule has 0 N–H and O–H groups in total. The van der Waals surface area contributed by atoms with E-state index in [-0.39, 0.29) is 11.7 Å². The molecule has 184 valence electrons. The second-order valence-corrected chi connectivity index (χ2v) is 10.5. The zero-order chi connectivity index (χ0) is 25.1. The van der Waals surface area contributed by atoms with Gasteiger partial charge in [-0.05, 0) is 83.9 Å². The third kappa shape index (κ3) is 4.98. The average Bonchev–Trinajstić information content (AvgIpc) is 3.20. The van der Waals surface area contributed by atoms with Crippen LogP contribution in [0.2, 0.25) is 10.0 Å². The topological polar surface area (TPSA) is 12.5 Å². The van der Waals surface area contributed by atoms with Crippen molar-refractivity contribution >= 4 is 34.9 Å². The summed E-state index contributed by atoms with van der Waals surface area (Å²) in [7, 11) is 0. The summed E-state index contributed by atoms with van der Waals surface area (Å²) in [6, 6.07) is 22.8. The average molecular weight is 517 g/mol. The molecule has 3 aromatic carbocycles. The zero-order valence-electron chi connectivity index (χ0n) is 20.6. The van der Waals surface area contributed by atoms with Gasteiger partial charge in [-0.15, -0.1) is 5.73 Å². The highest BCUT2D eigenvalue weighted by Gasteiger charge is 2.47. The highest BCUT2D eigenvalue weighted by atomic mass is 35.5. The molecule has 1 saturated heterocycles. The molecule has 2 aliphatic rings. The lowest BCUT2D eigenvalue weighted by Crippen LogP contribution is -2.43. The Morgan fingerprint density at radius 2 is 1.75 bits per heavy atom. The minimum absolute atomic E-state index is 0.145. The summed E-state index contributed by atoms with van der Waals surface area (Å²) >= 11 is 12.7. The molecule has 0 amide bonds. The van der Waals surface area contributed by atoms with Crippen LogP contribution in [0.3, 0.4) is 0 Å². The van der Waals surface area contributed by atoms with Crippen molar-refractivity contribution in [2.45, 2.75) is 37.9 Å². The molecule has 0 radical (unpaired) electrons. The fraction of sp³-hybridized carbons (Fsp3) is 0.281. The number of halogens is 2. The number of allylic oxidation sites excluding steroid dienone is 1. The minimum atomic E-state index is -0.267. The highest BCUT2D eigenvalue weighted by Crippen LogP contribution is 2.51. The molecular formula is C32H31Cl2NO. The maximum Gasteiger partial charge on any atom is 0.109 e. The lowest BCUT2D eigenvalue weighted by molar-refractivity contribution is -0.0965. The van der Waals surface area contributed by atoms with E-state index in [1.165, 1.54) is 27.8 Å². The number of ether oxygens (including phenoxy) is 1. The number of rotatable bonds is 6. The first-order valence-corrected chi connectivity index (χ1v) is 13.3. The van der Waals surface area contributed by atoms with Crippen molar-refractivity contribution in [1.82, 2.24) is 4.90 Å². The number of hydrogen-bond acceptors (Lipinski definition) is 2. The van der Waals surface area contributed by atoms with Gasteiger partial charge < -0.3 is 9.64 Å². The van der Waals surface area contributed by atoms with Gasteiger partial charge in [-0.25, -0.2) is 0 Å².